The van der Waals surface area contributed by atoms with Crippen molar-refractivity contribution < 1.29 is 9.53 Å². The van der Waals surface area contributed by atoms with E-state index in [1.54, 1.807) is 31.2 Å². The number of benzene rings is 1. The van der Waals surface area contributed by atoms with Gasteiger partial charge in [0.15, 0.2) is 6.10 Å². The molecule has 78 valence electrons. The predicted octanol–water partition coefficient (Wildman–Crippen LogP) is 1.58. The molecule has 0 saturated carbocycles. The van der Waals surface area contributed by atoms with Crippen molar-refractivity contribution in [3.05, 3.63) is 29.8 Å². The molecular formula is C12H13NO2. The molecule has 0 aliphatic heterocycles. The number of nitrogens with two attached hydrogens (primary N) is 1. The van der Waals surface area contributed by atoms with Crippen molar-refractivity contribution in [2.75, 3.05) is 0 Å². The lowest BCUT2D eigenvalue weighted by Crippen LogP contribution is -2.16. The number of amides is 1. The first-order valence-electron chi connectivity index (χ1n) is 4.63. The Morgan fingerprint density at radius 1 is 1.47 bits per heavy atom. The van der Waals surface area contributed by atoms with Gasteiger partial charge in [-0.25, -0.2) is 0 Å². The highest BCUT2D eigenvalue weighted by Crippen LogP contribution is 2.18. The molecule has 0 fully saturated rings. The molecule has 1 aromatic rings. The predicted molar refractivity (Wildman–Crippen MR) is 58.5 cm³/mol. The van der Waals surface area contributed by atoms with Crippen molar-refractivity contribution in [3.8, 4) is 17.6 Å². The standard InChI is InChI=1S/C12H13NO2/c1-3-6-9(2)15-11-8-5-4-7-10(11)12(13)14/h4-5,7-9H,1-2H3,(H2,13,14)/t9-/m0/s1. The highest BCUT2D eigenvalue weighted by molar-refractivity contribution is 5.95. The number of carbonyl (C=O) groups excluding carboxylic acids is 1. The molecule has 1 atom stereocenters. The van der Waals surface area contributed by atoms with Crippen molar-refractivity contribution in [2.45, 2.75) is 20.0 Å². The van der Waals surface area contributed by atoms with Gasteiger partial charge in [0, 0.05) is 0 Å². The average Bonchev–Trinajstić information content (AvgIpc) is 2.18. The van der Waals surface area contributed by atoms with Crippen LogP contribution < -0.4 is 10.5 Å². The van der Waals surface area contributed by atoms with Gasteiger partial charge in [0.25, 0.3) is 5.91 Å². The first-order valence-corrected chi connectivity index (χ1v) is 4.63. The number of hydrogen-bond donors (Lipinski definition) is 1. The van der Waals surface area contributed by atoms with Gasteiger partial charge in [-0.1, -0.05) is 18.1 Å². The minimum Gasteiger partial charge on any atom is -0.477 e. The molecule has 0 aromatic heterocycles. The van der Waals surface area contributed by atoms with Gasteiger partial charge >= 0.3 is 0 Å². The molecule has 0 aliphatic carbocycles. The lowest BCUT2D eigenvalue weighted by Gasteiger charge is -2.11. The molecule has 0 bridgehead atoms. The first kappa shape index (κ1) is 11.1. The normalized spacial score (nSPS) is 11.1. The van der Waals surface area contributed by atoms with Crippen molar-refractivity contribution >= 4 is 5.91 Å². The molecule has 1 aromatic carbocycles. The summed E-state index contributed by atoms with van der Waals surface area (Å²) in [4.78, 5) is 11.1. The highest BCUT2D eigenvalue weighted by Gasteiger charge is 2.09. The SMILES string of the molecule is CC#C[C@H](C)Oc1ccccc1C(N)=O. The fourth-order valence-corrected chi connectivity index (χ4v) is 1.20. The zero-order valence-corrected chi connectivity index (χ0v) is 8.78. The third-order valence-electron chi connectivity index (χ3n) is 1.80. The third-order valence-corrected chi connectivity index (χ3v) is 1.80. The molecule has 0 heterocycles. The van der Waals surface area contributed by atoms with E-state index >= 15 is 0 Å². The fraction of sp³-hybridized carbons (Fsp3) is 0.250. The quantitative estimate of drug-likeness (QED) is 0.758. The van der Waals surface area contributed by atoms with Gasteiger partial charge in [-0.3, -0.25) is 4.79 Å². The van der Waals surface area contributed by atoms with E-state index in [-0.39, 0.29) is 6.10 Å². The Bertz CT molecular complexity index is 415. The number of ether oxygens (including phenoxy) is 1. The second-order valence-electron chi connectivity index (χ2n) is 3.01. The van der Waals surface area contributed by atoms with Gasteiger partial charge < -0.3 is 10.5 Å². The van der Waals surface area contributed by atoms with Crippen LogP contribution in [0.1, 0.15) is 24.2 Å². The molecule has 15 heavy (non-hydrogen) atoms. The molecule has 3 nitrogen and oxygen atoms in total. The molecule has 0 spiro atoms. The second kappa shape index (κ2) is 5.06. The van der Waals surface area contributed by atoms with E-state index in [0.717, 1.165) is 0 Å². The lowest BCUT2D eigenvalue weighted by molar-refractivity contribution is 0.0995. The summed E-state index contributed by atoms with van der Waals surface area (Å²) in [6, 6.07) is 6.86. The minimum atomic E-state index is -0.498. The summed E-state index contributed by atoms with van der Waals surface area (Å²) in [7, 11) is 0. The van der Waals surface area contributed by atoms with Gasteiger partial charge in [0.1, 0.15) is 5.75 Å². The Morgan fingerprint density at radius 2 is 2.13 bits per heavy atom. The minimum absolute atomic E-state index is 0.254. The summed E-state index contributed by atoms with van der Waals surface area (Å²) in [6.45, 7) is 3.55. The summed E-state index contributed by atoms with van der Waals surface area (Å²) in [5, 5.41) is 0. The van der Waals surface area contributed by atoms with Crippen molar-refractivity contribution in [3.63, 3.8) is 0 Å². The van der Waals surface area contributed by atoms with Gasteiger partial charge in [0.05, 0.1) is 5.56 Å². The van der Waals surface area contributed by atoms with Crippen LogP contribution in [0.3, 0.4) is 0 Å². The molecule has 1 rings (SSSR count). The van der Waals surface area contributed by atoms with Crippen LogP contribution >= 0.6 is 0 Å². The molecule has 0 aliphatic rings. The van der Waals surface area contributed by atoms with Crippen LogP contribution in [0, 0.1) is 11.8 Å². The van der Waals surface area contributed by atoms with Crippen LogP contribution in [-0.2, 0) is 0 Å². The summed E-state index contributed by atoms with van der Waals surface area (Å²) in [5.41, 5.74) is 5.59. The van der Waals surface area contributed by atoms with E-state index in [0.29, 0.717) is 11.3 Å². The number of hydrogen-bond acceptors (Lipinski definition) is 2. The fourth-order valence-electron chi connectivity index (χ4n) is 1.20. The van der Waals surface area contributed by atoms with E-state index in [1.165, 1.54) is 0 Å². The molecule has 0 unspecified atom stereocenters. The van der Waals surface area contributed by atoms with E-state index in [4.69, 9.17) is 10.5 Å². The van der Waals surface area contributed by atoms with Crippen LogP contribution in [0.25, 0.3) is 0 Å². The number of rotatable bonds is 3. The lowest BCUT2D eigenvalue weighted by atomic mass is 10.2. The zero-order chi connectivity index (χ0) is 11.3. The Morgan fingerprint density at radius 3 is 2.73 bits per heavy atom. The molecule has 0 radical (unpaired) electrons. The number of primary amides is 1. The molecule has 1 amide bonds. The van der Waals surface area contributed by atoms with Gasteiger partial charge in [0.2, 0.25) is 0 Å². The van der Waals surface area contributed by atoms with E-state index in [9.17, 15) is 4.79 Å². The summed E-state index contributed by atoms with van der Waals surface area (Å²) in [6.07, 6.45) is -0.254. The van der Waals surface area contributed by atoms with Crippen LogP contribution in [0.2, 0.25) is 0 Å². The summed E-state index contributed by atoms with van der Waals surface area (Å²) in [5.74, 6) is 5.56. The Labute approximate surface area is 89.2 Å². The topological polar surface area (TPSA) is 52.3 Å². The maximum Gasteiger partial charge on any atom is 0.252 e. The summed E-state index contributed by atoms with van der Waals surface area (Å²) >= 11 is 0. The van der Waals surface area contributed by atoms with Gasteiger partial charge in [-0.05, 0) is 26.0 Å². The molecule has 3 heteroatoms. The number of para-hydroxylation sites is 1. The summed E-state index contributed by atoms with van der Waals surface area (Å²) < 4.78 is 5.47. The molecule has 2 N–H and O–H groups in total. The van der Waals surface area contributed by atoms with Crippen LogP contribution in [-0.4, -0.2) is 12.0 Å². The number of carbonyl (C=O) groups is 1. The van der Waals surface area contributed by atoms with Crippen molar-refractivity contribution in [1.29, 1.82) is 0 Å². The molecule has 0 saturated heterocycles. The van der Waals surface area contributed by atoms with Crippen LogP contribution in [0.15, 0.2) is 24.3 Å². The largest absolute Gasteiger partial charge is 0.477 e. The monoisotopic (exact) mass is 203 g/mol. The van der Waals surface area contributed by atoms with Crippen molar-refractivity contribution in [1.82, 2.24) is 0 Å². The highest BCUT2D eigenvalue weighted by atomic mass is 16.5. The average molecular weight is 203 g/mol. The van der Waals surface area contributed by atoms with Gasteiger partial charge in [-0.15, -0.1) is 5.92 Å². The Balaban J connectivity index is 2.92. The first-order chi connectivity index (χ1) is 7.15. The third kappa shape index (κ3) is 3.03. The maximum absolute atomic E-state index is 11.1. The van der Waals surface area contributed by atoms with Gasteiger partial charge in [-0.2, -0.15) is 0 Å². The van der Waals surface area contributed by atoms with E-state index in [1.807, 2.05) is 6.92 Å². The Hall–Kier alpha value is -1.95. The smallest absolute Gasteiger partial charge is 0.252 e. The second-order valence-corrected chi connectivity index (χ2v) is 3.01. The van der Waals surface area contributed by atoms with Crippen molar-refractivity contribution in [2.24, 2.45) is 5.73 Å². The van der Waals surface area contributed by atoms with Crippen LogP contribution in [0.5, 0.6) is 5.75 Å². The molecular weight excluding hydrogens is 190 g/mol. The zero-order valence-electron chi connectivity index (χ0n) is 8.78. The maximum atomic E-state index is 11.1. The Kier molecular flexibility index (Phi) is 3.75. The van der Waals surface area contributed by atoms with E-state index in [2.05, 4.69) is 11.8 Å². The van der Waals surface area contributed by atoms with E-state index < -0.39 is 5.91 Å². The van der Waals surface area contributed by atoms with Crippen LogP contribution in [0.4, 0.5) is 0 Å².